The number of hydrogen-bond donors (Lipinski definition) is 0. The van der Waals surface area contributed by atoms with Crippen molar-refractivity contribution in [1.82, 2.24) is 4.90 Å². The molecule has 0 radical (unpaired) electrons. The molecular formula is C21H26ClNO3. The first-order valence-corrected chi connectivity index (χ1v) is 9.41. The minimum absolute atomic E-state index is 0.0858. The lowest BCUT2D eigenvalue weighted by molar-refractivity contribution is 0.140. The fraction of sp³-hybridized carbons (Fsp3) is 0.429. The average Bonchev–Trinajstić information content (AvgIpc) is 2.80. The second-order valence-electron chi connectivity index (χ2n) is 6.52. The van der Waals surface area contributed by atoms with Gasteiger partial charge in [0.05, 0.1) is 14.2 Å². The van der Waals surface area contributed by atoms with Crippen LogP contribution in [0.2, 0.25) is 5.02 Å². The third kappa shape index (κ3) is 4.25. The fourth-order valence-corrected chi connectivity index (χ4v) is 3.66. The molecule has 4 nitrogen and oxygen atoms in total. The Hall–Kier alpha value is -1.91. The van der Waals surface area contributed by atoms with Crippen molar-refractivity contribution in [3.63, 3.8) is 0 Å². The Balaban J connectivity index is 1.98. The van der Waals surface area contributed by atoms with Crippen LogP contribution in [0.1, 0.15) is 30.6 Å². The van der Waals surface area contributed by atoms with Crippen molar-refractivity contribution in [2.75, 3.05) is 33.9 Å². The molecule has 1 unspecified atom stereocenters. The molecule has 1 aliphatic rings. The Bertz CT molecular complexity index is 750. The van der Waals surface area contributed by atoms with Crippen LogP contribution >= 0.6 is 11.6 Å². The van der Waals surface area contributed by atoms with Crippen LogP contribution < -0.4 is 14.2 Å². The molecule has 0 saturated heterocycles. The van der Waals surface area contributed by atoms with Gasteiger partial charge in [-0.2, -0.15) is 0 Å². The summed E-state index contributed by atoms with van der Waals surface area (Å²) in [6, 6.07) is 11.7. The first kappa shape index (κ1) is 18.9. The maximum atomic E-state index is 6.37. The zero-order chi connectivity index (χ0) is 18.5. The molecule has 1 heterocycles. The van der Waals surface area contributed by atoms with E-state index in [0.29, 0.717) is 5.02 Å². The van der Waals surface area contributed by atoms with Gasteiger partial charge in [-0.25, -0.2) is 0 Å². The smallest absolute Gasteiger partial charge is 0.161 e. The van der Waals surface area contributed by atoms with Crippen molar-refractivity contribution in [2.45, 2.75) is 25.9 Å². The number of nitrogens with zero attached hydrogens (tertiary/aromatic N) is 1. The van der Waals surface area contributed by atoms with Crippen LogP contribution in [0.25, 0.3) is 0 Å². The van der Waals surface area contributed by atoms with Crippen LogP contribution in [0.15, 0.2) is 36.4 Å². The van der Waals surface area contributed by atoms with Crippen molar-refractivity contribution in [3.8, 4) is 17.2 Å². The van der Waals surface area contributed by atoms with E-state index in [1.165, 1.54) is 5.56 Å². The number of ether oxygens (including phenoxy) is 3. The summed E-state index contributed by atoms with van der Waals surface area (Å²) >= 11 is 6.13. The first-order chi connectivity index (χ1) is 12.6. The van der Waals surface area contributed by atoms with Crippen molar-refractivity contribution >= 4 is 11.6 Å². The van der Waals surface area contributed by atoms with E-state index in [4.69, 9.17) is 25.8 Å². The molecule has 2 aromatic rings. The summed E-state index contributed by atoms with van der Waals surface area (Å²) < 4.78 is 17.4. The first-order valence-electron chi connectivity index (χ1n) is 9.04. The van der Waals surface area contributed by atoms with E-state index in [1.54, 1.807) is 14.2 Å². The van der Waals surface area contributed by atoms with Gasteiger partial charge in [0.1, 0.15) is 11.9 Å². The maximum Gasteiger partial charge on any atom is 0.161 e. The molecule has 140 valence electrons. The largest absolute Gasteiger partial charge is 0.493 e. The second-order valence-corrected chi connectivity index (χ2v) is 6.96. The Morgan fingerprint density at radius 1 is 1.12 bits per heavy atom. The lowest BCUT2D eigenvalue weighted by Gasteiger charge is -2.25. The molecule has 1 atom stereocenters. The molecule has 26 heavy (non-hydrogen) atoms. The Morgan fingerprint density at radius 3 is 2.58 bits per heavy atom. The van der Waals surface area contributed by atoms with E-state index < -0.39 is 0 Å². The van der Waals surface area contributed by atoms with E-state index in [9.17, 15) is 0 Å². The summed E-state index contributed by atoms with van der Waals surface area (Å²) in [5, 5.41) is 0.675. The van der Waals surface area contributed by atoms with Gasteiger partial charge in [-0.05, 0) is 55.3 Å². The lowest BCUT2D eigenvalue weighted by Crippen LogP contribution is -2.31. The number of benzene rings is 2. The molecule has 2 aromatic carbocycles. The minimum atomic E-state index is -0.0858. The van der Waals surface area contributed by atoms with Gasteiger partial charge < -0.3 is 14.2 Å². The predicted molar refractivity (Wildman–Crippen MR) is 105 cm³/mol. The number of hydrogen-bond acceptors (Lipinski definition) is 4. The van der Waals surface area contributed by atoms with Crippen molar-refractivity contribution in [2.24, 2.45) is 0 Å². The standard InChI is InChI=1S/C21H26ClNO3/c1-4-9-23-10-8-15-11-19(24-2)20(25-3)13-18(15)21(14-23)26-17-7-5-6-16(22)12-17/h5-7,11-13,21H,4,8-10,14H2,1-3H3. The van der Waals surface area contributed by atoms with Crippen molar-refractivity contribution in [3.05, 3.63) is 52.5 Å². The maximum absolute atomic E-state index is 6.37. The zero-order valence-electron chi connectivity index (χ0n) is 15.6. The average molecular weight is 376 g/mol. The van der Waals surface area contributed by atoms with Gasteiger partial charge in [0.25, 0.3) is 0 Å². The van der Waals surface area contributed by atoms with Crippen LogP contribution in [0, 0.1) is 0 Å². The highest BCUT2D eigenvalue weighted by Gasteiger charge is 2.26. The molecule has 0 bridgehead atoms. The molecule has 0 saturated carbocycles. The van der Waals surface area contributed by atoms with Crippen LogP contribution in [0.3, 0.4) is 0 Å². The molecule has 0 aliphatic carbocycles. The molecule has 3 rings (SSSR count). The Labute approximate surface area is 160 Å². The SMILES string of the molecule is CCCN1CCc2cc(OC)c(OC)cc2C(Oc2cccc(Cl)c2)C1. The number of methoxy groups -OCH3 is 2. The monoisotopic (exact) mass is 375 g/mol. The highest BCUT2D eigenvalue weighted by atomic mass is 35.5. The van der Waals surface area contributed by atoms with Crippen LogP contribution in [0.4, 0.5) is 0 Å². The third-order valence-corrected chi connectivity index (χ3v) is 4.96. The molecule has 0 N–H and O–H groups in total. The molecule has 0 spiro atoms. The summed E-state index contributed by atoms with van der Waals surface area (Å²) in [6.45, 7) is 5.10. The summed E-state index contributed by atoms with van der Waals surface area (Å²) in [5.41, 5.74) is 2.40. The van der Waals surface area contributed by atoms with Gasteiger partial charge in [-0.3, -0.25) is 4.90 Å². The topological polar surface area (TPSA) is 30.9 Å². The number of halogens is 1. The molecular weight excluding hydrogens is 350 g/mol. The summed E-state index contributed by atoms with van der Waals surface area (Å²) in [4.78, 5) is 2.45. The Kier molecular flexibility index (Phi) is 6.28. The van der Waals surface area contributed by atoms with E-state index >= 15 is 0 Å². The minimum Gasteiger partial charge on any atom is -0.493 e. The zero-order valence-corrected chi connectivity index (χ0v) is 16.4. The highest BCUT2D eigenvalue weighted by molar-refractivity contribution is 6.30. The fourth-order valence-electron chi connectivity index (χ4n) is 3.48. The molecule has 5 heteroatoms. The van der Waals surface area contributed by atoms with Gasteiger partial charge in [-0.1, -0.05) is 24.6 Å². The Morgan fingerprint density at radius 2 is 1.88 bits per heavy atom. The van der Waals surface area contributed by atoms with Gasteiger partial charge in [0, 0.05) is 23.7 Å². The van der Waals surface area contributed by atoms with Gasteiger partial charge in [0.2, 0.25) is 0 Å². The van der Waals surface area contributed by atoms with Crippen LogP contribution in [-0.4, -0.2) is 38.8 Å². The molecule has 0 aromatic heterocycles. The van der Waals surface area contributed by atoms with Crippen molar-refractivity contribution < 1.29 is 14.2 Å². The summed E-state index contributed by atoms with van der Waals surface area (Å²) in [5.74, 6) is 2.27. The third-order valence-electron chi connectivity index (χ3n) is 4.73. The normalized spacial score (nSPS) is 17.3. The predicted octanol–water partition coefficient (Wildman–Crippen LogP) is 4.75. The van der Waals surface area contributed by atoms with E-state index in [-0.39, 0.29) is 6.10 Å². The molecule has 0 fully saturated rings. The van der Waals surface area contributed by atoms with Gasteiger partial charge in [0.15, 0.2) is 11.5 Å². The highest BCUT2D eigenvalue weighted by Crippen LogP contribution is 2.37. The summed E-state index contributed by atoms with van der Waals surface area (Å²) in [7, 11) is 3.33. The van der Waals surface area contributed by atoms with E-state index in [1.807, 2.05) is 24.3 Å². The summed E-state index contributed by atoms with van der Waals surface area (Å²) in [6.07, 6.45) is 2.00. The second kappa shape index (κ2) is 8.65. The quantitative estimate of drug-likeness (QED) is 0.729. The molecule has 1 aliphatic heterocycles. The molecule has 0 amide bonds. The van der Waals surface area contributed by atoms with Gasteiger partial charge in [-0.15, -0.1) is 0 Å². The number of rotatable bonds is 6. The van der Waals surface area contributed by atoms with Crippen LogP contribution in [0.5, 0.6) is 17.2 Å². The number of fused-ring (bicyclic) bond motifs is 1. The van der Waals surface area contributed by atoms with Crippen molar-refractivity contribution in [1.29, 1.82) is 0 Å². The van der Waals surface area contributed by atoms with E-state index in [2.05, 4.69) is 24.0 Å². The van der Waals surface area contributed by atoms with Gasteiger partial charge >= 0.3 is 0 Å². The lowest BCUT2D eigenvalue weighted by atomic mass is 10.00. The van der Waals surface area contributed by atoms with Crippen LogP contribution in [-0.2, 0) is 6.42 Å². The van der Waals surface area contributed by atoms with E-state index in [0.717, 1.165) is 55.3 Å².